The van der Waals surface area contributed by atoms with Crippen molar-refractivity contribution in [3.05, 3.63) is 65.4 Å². The number of aryl methyl sites for hydroxylation is 1. The highest BCUT2D eigenvalue weighted by Crippen LogP contribution is 2.34. The molecule has 1 aromatic carbocycles. The van der Waals surface area contributed by atoms with Crippen molar-refractivity contribution in [3.8, 4) is 11.6 Å². The van der Waals surface area contributed by atoms with E-state index in [0.717, 1.165) is 21.5 Å². The van der Waals surface area contributed by atoms with Crippen LogP contribution in [-0.2, 0) is 0 Å². The molecular weight excluding hydrogens is 330 g/mol. The number of aliphatic imine (C=N–C) groups is 1. The van der Waals surface area contributed by atoms with E-state index >= 15 is 0 Å². The van der Waals surface area contributed by atoms with Crippen LogP contribution in [0.4, 0.5) is 0 Å². The Kier molecular flexibility index (Phi) is 4.01. The first-order valence-electron chi connectivity index (χ1n) is 8.17. The van der Waals surface area contributed by atoms with E-state index in [1.165, 1.54) is 11.1 Å². The third-order valence-electron chi connectivity index (χ3n) is 4.47. The number of pyridine rings is 1. The fourth-order valence-corrected chi connectivity index (χ4v) is 4.04. The van der Waals surface area contributed by atoms with Crippen LogP contribution in [0.5, 0.6) is 11.6 Å². The predicted octanol–water partition coefficient (Wildman–Crippen LogP) is 5.32. The molecule has 0 spiro atoms. The Bertz CT molecular complexity index is 990. The molecule has 4 nitrogen and oxygen atoms in total. The minimum atomic E-state index is 0.165. The molecule has 25 heavy (non-hydrogen) atoms. The number of fused-ring (bicyclic) bond motifs is 1. The predicted molar refractivity (Wildman–Crippen MR) is 104 cm³/mol. The lowest BCUT2D eigenvalue weighted by Gasteiger charge is -2.30. The molecule has 1 unspecified atom stereocenters. The second-order valence-electron chi connectivity index (χ2n) is 6.21. The average Bonchev–Trinajstić information content (AvgIpc) is 3.06. The number of ether oxygens (including phenoxy) is 1. The smallest absolute Gasteiger partial charge is 0.237 e. The number of hydrogen-bond acceptors (Lipinski definition) is 5. The Morgan fingerprint density at radius 1 is 1.16 bits per heavy atom. The maximum atomic E-state index is 6.07. The van der Waals surface area contributed by atoms with Crippen molar-refractivity contribution < 1.29 is 4.74 Å². The second kappa shape index (κ2) is 6.33. The molecule has 0 N–H and O–H groups in total. The first kappa shape index (κ1) is 15.8. The summed E-state index contributed by atoms with van der Waals surface area (Å²) in [4.78, 5) is 11.0. The fourth-order valence-electron chi connectivity index (χ4n) is 3.22. The van der Waals surface area contributed by atoms with Gasteiger partial charge in [-0.25, -0.2) is 4.98 Å². The third kappa shape index (κ3) is 2.91. The molecule has 0 amide bonds. The van der Waals surface area contributed by atoms with Gasteiger partial charge >= 0.3 is 0 Å². The van der Waals surface area contributed by atoms with E-state index in [9.17, 15) is 0 Å². The molecule has 0 bridgehead atoms. The number of benzene rings is 1. The Labute approximate surface area is 151 Å². The average molecular weight is 349 g/mol. The van der Waals surface area contributed by atoms with E-state index in [0.29, 0.717) is 5.88 Å². The summed E-state index contributed by atoms with van der Waals surface area (Å²) in [5.41, 5.74) is 3.51. The third-order valence-corrected chi connectivity index (χ3v) is 5.39. The van der Waals surface area contributed by atoms with Gasteiger partial charge in [0.15, 0.2) is 0 Å². The van der Waals surface area contributed by atoms with Crippen molar-refractivity contribution in [2.75, 3.05) is 7.05 Å². The highest BCUT2D eigenvalue weighted by atomic mass is 32.1. The minimum absolute atomic E-state index is 0.165. The summed E-state index contributed by atoms with van der Waals surface area (Å²) in [7, 11) is 2.07. The molecule has 0 saturated carbocycles. The number of thiophene rings is 1. The molecule has 0 fully saturated rings. The molecule has 3 heterocycles. The number of hydrogen-bond donors (Lipinski definition) is 0. The van der Waals surface area contributed by atoms with Crippen molar-refractivity contribution >= 4 is 27.1 Å². The normalized spacial score (nSPS) is 17.0. The summed E-state index contributed by atoms with van der Waals surface area (Å²) in [5, 5.41) is 3.22. The van der Waals surface area contributed by atoms with Crippen molar-refractivity contribution in [2.24, 2.45) is 4.99 Å². The highest BCUT2D eigenvalue weighted by molar-refractivity contribution is 7.17. The SMILES string of the molecule is CC1=NC=CN(C)C1c1ccc(Oc2nccc3ccsc23)cc1C. The van der Waals surface area contributed by atoms with Gasteiger partial charge < -0.3 is 9.64 Å². The van der Waals surface area contributed by atoms with Gasteiger partial charge in [-0.15, -0.1) is 11.3 Å². The topological polar surface area (TPSA) is 37.7 Å². The molecule has 5 heteroatoms. The molecule has 4 rings (SSSR count). The summed E-state index contributed by atoms with van der Waals surface area (Å²) in [5.74, 6) is 1.47. The van der Waals surface area contributed by atoms with Gasteiger partial charge in [-0.05, 0) is 60.0 Å². The summed E-state index contributed by atoms with van der Waals surface area (Å²) >= 11 is 1.65. The van der Waals surface area contributed by atoms with Crippen molar-refractivity contribution in [3.63, 3.8) is 0 Å². The van der Waals surface area contributed by atoms with E-state index in [4.69, 9.17) is 4.74 Å². The van der Waals surface area contributed by atoms with Crippen molar-refractivity contribution in [1.82, 2.24) is 9.88 Å². The van der Waals surface area contributed by atoms with Gasteiger partial charge in [0, 0.05) is 31.4 Å². The first-order chi connectivity index (χ1) is 12.1. The Morgan fingerprint density at radius 2 is 2.04 bits per heavy atom. The maximum Gasteiger partial charge on any atom is 0.237 e. The molecule has 2 aromatic heterocycles. The maximum absolute atomic E-state index is 6.07. The molecule has 0 radical (unpaired) electrons. The van der Waals surface area contributed by atoms with Crippen LogP contribution in [0.3, 0.4) is 0 Å². The van der Waals surface area contributed by atoms with Gasteiger partial charge in [0.25, 0.3) is 0 Å². The highest BCUT2D eigenvalue weighted by Gasteiger charge is 2.22. The Morgan fingerprint density at radius 3 is 2.84 bits per heavy atom. The second-order valence-corrected chi connectivity index (χ2v) is 7.13. The van der Waals surface area contributed by atoms with Crippen LogP contribution in [0.1, 0.15) is 24.1 Å². The van der Waals surface area contributed by atoms with Crippen LogP contribution in [-0.4, -0.2) is 22.6 Å². The first-order valence-corrected chi connectivity index (χ1v) is 9.05. The zero-order chi connectivity index (χ0) is 17.4. The molecular formula is C20H19N3OS. The number of rotatable bonds is 3. The van der Waals surface area contributed by atoms with Crippen molar-refractivity contribution in [2.45, 2.75) is 19.9 Å². The van der Waals surface area contributed by atoms with Crippen molar-refractivity contribution in [1.29, 1.82) is 0 Å². The van der Waals surface area contributed by atoms with Gasteiger partial charge in [0.2, 0.25) is 5.88 Å². The van der Waals surface area contributed by atoms with Gasteiger partial charge in [0.05, 0.1) is 10.7 Å². The molecule has 1 aliphatic rings. The van der Waals surface area contributed by atoms with Crippen LogP contribution in [0.15, 0.2) is 59.3 Å². The monoisotopic (exact) mass is 349 g/mol. The summed E-state index contributed by atoms with van der Waals surface area (Å²) in [6, 6.07) is 10.5. The van der Waals surface area contributed by atoms with E-state index in [-0.39, 0.29) is 6.04 Å². The van der Waals surface area contributed by atoms with Crippen LogP contribution in [0.25, 0.3) is 10.1 Å². The molecule has 0 saturated heterocycles. The molecule has 0 aliphatic carbocycles. The van der Waals surface area contributed by atoms with E-state index in [1.54, 1.807) is 17.5 Å². The summed E-state index contributed by atoms with van der Waals surface area (Å²) in [6.45, 7) is 4.18. The lowest BCUT2D eigenvalue weighted by Crippen LogP contribution is -2.28. The number of nitrogens with zero attached hydrogens (tertiary/aromatic N) is 3. The molecule has 1 atom stereocenters. The van der Waals surface area contributed by atoms with Crippen LogP contribution in [0.2, 0.25) is 0 Å². The summed E-state index contributed by atoms with van der Waals surface area (Å²) < 4.78 is 7.14. The van der Waals surface area contributed by atoms with Gasteiger partial charge in [-0.3, -0.25) is 4.99 Å². The zero-order valence-corrected chi connectivity index (χ0v) is 15.2. The standard InChI is InChI=1S/C20H19N3OS/c1-13-12-16(24-20-19-15(6-8-22-20)7-11-25-19)4-5-17(13)18-14(2)21-9-10-23(18)3/h4-12,18H,1-3H3. The number of aromatic nitrogens is 1. The largest absolute Gasteiger partial charge is 0.438 e. The molecule has 126 valence electrons. The molecule has 1 aliphatic heterocycles. The zero-order valence-electron chi connectivity index (χ0n) is 14.4. The van der Waals surface area contributed by atoms with E-state index in [2.05, 4.69) is 59.4 Å². The quantitative estimate of drug-likeness (QED) is 0.642. The van der Waals surface area contributed by atoms with Crippen LogP contribution in [0, 0.1) is 6.92 Å². The fraction of sp³-hybridized carbons (Fsp3) is 0.200. The van der Waals surface area contributed by atoms with Gasteiger partial charge in [-0.1, -0.05) is 6.07 Å². The lowest BCUT2D eigenvalue weighted by atomic mass is 9.96. The van der Waals surface area contributed by atoms with Gasteiger partial charge in [-0.2, -0.15) is 0 Å². The van der Waals surface area contributed by atoms with Crippen LogP contribution >= 0.6 is 11.3 Å². The molecule has 3 aromatic rings. The lowest BCUT2D eigenvalue weighted by molar-refractivity contribution is 0.404. The van der Waals surface area contributed by atoms with Crippen LogP contribution < -0.4 is 4.74 Å². The summed E-state index contributed by atoms with van der Waals surface area (Å²) in [6.07, 6.45) is 5.63. The Hall–Kier alpha value is -2.66. The van der Waals surface area contributed by atoms with Gasteiger partial charge in [0.1, 0.15) is 5.75 Å². The Balaban J connectivity index is 1.65. The minimum Gasteiger partial charge on any atom is -0.438 e. The van der Waals surface area contributed by atoms with E-state index < -0.39 is 0 Å². The van der Waals surface area contributed by atoms with E-state index in [1.807, 2.05) is 24.5 Å².